The fraction of sp³-hybridized carbons (Fsp3) is 1.00. The number of rotatable bonds is 3. The van der Waals surface area contributed by atoms with E-state index < -0.39 is 8.32 Å². The Morgan fingerprint density at radius 1 is 1.42 bits per heavy atom. The molecule has 0 amide bonds. The van der Waals surface area contributed by atoms with Crippen LogP contribution in [-0.4, -0.2) is 28.0 Å². The summed E-state index contributed by atoms with van der Waals surface area (Å²) in [7, 11) is -1.30. The maximum atomic E-state index is 5.92. The van der Waals surface area contributed by atoms with Crippen molar-refractivity contribution in [2.75, 3.05) is 19.7 Å². The summed E-state index contributed by atoms with van der Waals surface area (Å²) in [6.07, 6.45) is 1.26. The topological polar surface area (TPSA) is 21.3 Å². The van der Waals surface area contributed by atoms with Crippen LogP contribution in [0.3, 0.4) is 0 Å². The zero-order valence-corrected chi connectivity index (χ0v) is 9.74. The van der Waals surface area contributed by atoms with Gasteiger partial charge in [-0.2, -0.15) is 0 Å². The van der Waals surface area contributed by atoms with E-state index in [1.54, 1.807) is 0 Å². The fourth-order valence-electron chi connectivity index (χ4n) is 1.38. The van der Waals surface area contributed by atoms with Gasteiger partial charge in [-0.1, -0.05) is 6.92 Å². The molecule has 1 saturated heterocycles. The van der Waals surface area contributed by atoms with Crippen LogP contribution in [-0.2, 0) is 4.43 Å². The highest BCUT2D eigenvalue weighted by molar-refractivity contribution is 6.69. The van der Waals surface area contributed by atoms with Crippen molar-refractivity contribution in [2.24, 2.45) is 5.41 Å². The molecule has 2 nitrogen and oxygen atoms in total. The van der Waals surface area contributed by atoms with E-state index >= 15 is 0 Å². The third kappa shape index (κ3) is 3.25. The van der Waals surface area contributed by atoms with Gasteiger partial charge in [0.15, 0.2) is 8.32 Å². The summed E-state index contributed by atoms with van der Waals surface area (Å²) in [5, 5.41) is 3.38. The molecule has 3 heteroatoms. The molecule has 0 aromatic heterocycles. The molecule has 1 fully saturated rings. The van der Waals surface area contributed by atoms with E-state index in [2.05, 4.69) is 31.9 Å². The van der Waals surface area contributed by atoms with Crippen LogP contribution in [0.5, 0.6) is 0 Å². The van der Waals surface area contributed by atoms with Crippen LogP contribution in [0.2, 0.25) is 19.6 Å². The van der Waals surface area contributed by atoms with Gasteiger partial charge in [0.25, 0.3) is 0 Å². The van der Waals surface area contributed by atoms with Crippen molar-refractivity contribution >= 4 is 8.32 Å². The van der Waals surface area contributed by atoms with Gasteiger partial charge < -0.3 is 9.74 Å². The molecule has 1 aliphatic heterocycles. The Balaban J connectivity index is 2.30. The second-order valence-corrected chi connectivity index (χ2v) is 9.65. The molecule has 0 radical (unpaired) electrons. The lowest BCUT2D eigenvalue weighted by Crippen LogP contribution is -2.34. The Hall–Kier alpha value is 0.137. The first-order valence-electron chi connectivity index (χ1n) is 4.76. The lowest BCUT2D eigenvalue weighted by Gasteiger charge is -2.27. The number of nitrogens with one attached hydrogen (secondary N) is 1. The van der Waals surface area contributed by atoms with E-state index in [1.807, 2.05) is 0 Å². The van der Waals surface area contributed by atoms with E-state index in [9.17, 15) is 0 Å². The first kappa shape index (κ1) is 10.2. The maximum Gasteiger partial charge on any atom is 0.183 e. The highest BCUT2D eigenvalue weighted by Gasteiger charge is 2.30. The molecule has 0 aromatic rings. The predicted octanol–water partition coefficient (Wildman–Crippen LogP) is 1.84. The molecule has 0 aliphatic carbocycles. The summed E-state index contributed by atoms with van der Waals surface area (Å²) < 4.78 is 5.92. The highest BCUT2D eigenvalue weighted by atomic mass is 28.4. The first-order chi connectivity index (χ1) is 5.41. The predicted molar refractivity (Wildman–Crippen MR) is 54.9 cm³/mol. The molecule has 0 saturated carbocycles. The van der Waals surface area contributed by atoms with Crippen LogP contribution in [0.1, 0.15) is 13.3 Å². The molecule has 0 bridgehead atoms. The lowest BCUT2D eigenvalue weighted by molar-refractivity contribution is 0.175. The third-order valence-corrected chi connectivity index (χ3v) is 3.32. The Kier molecular flexibility index (Phi) is 2.96. The summed E-state index contributed by atoms with van der Waals surface area (Å²) in [4.78, 5) is 0. The fourth-order valence-corrected chi connectivity index (χ4v) is 2.16. The molecule has 1 N–H and O–H groups in total. The van der Waals surface area contributed by atoms with Crippen molar-refractivity contribution in [3.8, 4) is 0 Å². The summed E-state index contributed by atoms with van der Waals surface area (Å²) in [6.45, 7) is 12.3. The van der Waals surface area contributed by atoms with Gasteiger partial charge in [0.05, 0.1) is 0 Å². The van der Waals surface area contributed by atoms with Gasteiger partial charge in [-0.25, -0.2) is 0 Å². The van der Waals surface area contributed by atoms with Gasteiger partial charge in [-0.3, -0.25) is 0 Å². The van der Waals surface area contributed by atoms with Gasteiger partial charge in [-0.15, -0.1) is 0 Å². The second kappa shape index (κ2) is 3.48. The minimum Gasteiger partial charge on any atom is -0.417 e. The molecule has 1 heterocycles. The van der Waals surface area contributed by atoms with E-state index in [4.69, 9.17) is 4.43 Å². The molecule has 0 aromatic carbocycles. The molecule has 12 heavy (non-hydrogen) atoms. The normalized spacial score (nSPS) is 31.0. The summed E-state index contributed by atoms with van der Waals surface area (Å²) in [6, 6.07) is 0. The van der Waals surface area contributed by atoms with Crippen LogP contribution >= 0.6 is 0 Å². The zero-order valence-electron chi connectivity index (χ0n) is 8.74. The first-order valence-corrected chi connectivity index (χ1v) is 8.17. The lowest BCUT2D eigenvalue weighted by atomic mass is 9.91. The van der Waals surface area contributed by atoms with Gasteiger partial charge >= 0.3 is 0 Å². The highest BCUT2D eigenvalue weighted by Crippen LogP contribution is 2.25. The summed E-state index contributed by atoms with van der Waals surface area (Å²) in [5.74, 6) is 0. The van der Waals surface area contributed by atoms with Crippen molar-refractivity contribution in [1.82, 2.24) is 5.32 Å². The Morgan fingerprint density at radius 3 is 2.50 bits per heavy atom. The SMILES string of the molecule is CC1(CO[Si](C)(C)C)CCNC1. The van der Waals surface area contributed by atoms with Crippen LogP contribution in [0.25, 0.3) is 0 Å². The van der Waals surface area contributed by atoms with Crippen molar-refractivity contribution < 1.29 is 4.43 Å². The molecule has 72 valence electrons. The largest absolute Gasteiger partial charge is 0.417 e. The van der Waals surface area contributed by atoms with Gasteiger partial charge in [0.1, 0.15) is 0 Å². The van der Waals surface area contributed by atoms with Crippen molar-refractivity contribution in [1.29, 1.82) is 0 Å². The number of hydrogen-bond donors (Lipinski definition) is 1. The zero-order chi connectivity index (χ0) is 9.24. The van der Waals surface area contributed by atoms with E-state index in [1.165, 1.54) is 6.42 Å². The molecule has 0 spiro atoms. The van der Waals surface area contributed by atoms with E-state index in [0.29, 0.717) is 5.41 Å². The maximum absolute atomic E-state index is 5.92. The van der Waals surface area contributed by atoms with E-state index in [0.717, 1.165) is 19.7 Å². The van der Waals surface area contributed by atoms with Crippen LogP contribution in [0.4, 0.5) is 0 Å². The average Bonchev–Trinajstić information content (AvgIpc) is 2.32. The van der Waals surface area contributed by atoms with Gasteiger partial charge in [0, 0.05) is 18.6 Å². The molecule has 1 unspecified atom stereocenters. The van der Waals surface area contributed by atoms with Crippen molar-refractivity contribution in [3.05, 3.63) is 0 Å². The Bertz CT molecular complexity index is 147. The van der Waals surface area contributed by atoms with Gasteiger partial charge in [-0.05, 0) is 32.6 Å². The Labute approximate surface area is 76.8 Å². The Morgan fingerprint density at radius 2 is 2.08 bits per heavy atom. The molecule has 1 atom stereocenters. The molecule has 1 aliphatic rings. The van der Waals surface area contributed by atoms with Crippen LogP contribution in [0.15, 0.2) is 0 Å². The molecule has 1 rings (SSSR count). The summed E-state index contributed by atoms with van der Waals surface area (Å²) in [5.41, 5.74) is 0.403. The molecular weight excluding hydrogens is 166 g/mol. The minimum absolute atomic E-state index is 0.403. The van der Waals surface area contributed by atoms with Crippen molar-refractivity contribution in [3.63, 3.8) is 0 Å². The van der Waals surface area contributed by atoms with Crippen LogP contribution < -0.4 is 5.32 Å². The smallest absolute Gasteiger partial charge is 0.183 e. The van der Waals surface area contributed by atoms with Crippen molar-refractivity contribution in [2.45, 2.75) is 33.0 Å². The second-order valence-electron chi connectivity index (χ2n) is 5.14. The minimum atomic E-state index is -1.30. The summed E-state index contributed by atoms with van der Waals surface area (Å²) >= 11 is 0. The quantitative estimate of drug-likeness (QED) is 0.681. The third-order valence-electron chi connectivity index (χ3n) is 2.31. The molecular formula is C9H21NOSi. The average molecular weight is 187 g/mol. The monoisotopic (exact) mass is 187 g/mol. The van der Waals surface area contributed by atoms with Crippen LogP contribution in [0, 0.1) is 5.41 Å². The number of hydrogen-bond acceptors (Lipinski definition) is 2. The van der Waals surface area contributed by atoms with Gasteiger partial charge in [0.2, 0.25) is 0 Å². The van der Waals surface area contributed by atoms with E-state index in [-0.39, 0.29) is 0 Å². The standard InChI is InChI=1S/C9H21NOSi/c1-9(5-6-10-7-9)8-11-12(2,3)4/h10H,5-8H2,1-4H3.